The van der Waals surface area contributed by atoms with Gasteiger partial charge in [-0.05, 0) is 59.7 Å². The fraction of sp³-hybridized carbons (Fsp3) is 0.214. The van der Waals surface area contributed by atoms with Crippen LogP contribution in [0.5, 0.6) is 34.5 Å². The summed E-state index contributed by atoms with van der Waals surface area (Å²) in [4.78, 5) is 26.3. The summed E-state index contributed by atoms with van der Waals surface area (Å²) in [6.07, 6.45) is -0.0701. The van der Waals surface area contributed by atoms with Crippen LogP contribution in [0.2, 0.25) is 0 Å². The van der Waals surface area contributed by atoms with Gasteiger partial charge in [-0.25, -0.2) is 0 Å². The summed E-state index contributed by atoms with van der Waals surface area (Å²) in [5.74, 6) is 0.516. The monoisotopic (exact) mass is 505 g/mol. The second kappa shape index (κ2) is 10.9. The Balaban J connectivity index is 1.90. The molecule has 37 heavy (non-hydrogen) atoms. The standard InChI is InChI=1S/C28H26O9/c1-32-19-8-5-17(6-9-19)26(29)20(11-16-12-23(33-2)27(35-4)24(13-16)34-3)25(28(30)31)18-7-10-21-22(14-18)37-15-36-21/h5-10,12-14H,11,15H2,1-4H3,(H,30,31)/p-1. The molecule has 1 aliphatic rings. The minimum Gasteiger partial charge on any atom is -0.545 e. The fourth-order valence-electron chi connectivity index (χ4n) is 4.11. The number of aliphatic carboxylic acids is 1. The van der Waals surface area contributed by atoms with E-state index in [-0.39, 0.29) is 35.5 Å². The molecular formula is C28H25O9-. The van der Waals surface area contributed by atoms with Crippen LogP contribution in [0, 0.1) is 0 Å². The Morgan fingerprint density at radius 3 is 1.97 bits per heavy atom. The lowest BCUT2D eigenvalue weighted by Gasteiger charge is -2.19. The number of carbonyl (C=O) groups is 2. The molecule has 4 rings (SSSR count). The largest absolute Gasteiger partial charge is 0.545 e. The first-order valence-corrected chi connectivity index (χ1v) is 11.2. The van der Waals surface area contributed by atoms with E-state index in [1.165, 1.54) is 34.5 Å². The number of ether oxygens (including phenoxy) is 6. The maximum absolute atomic E-state index is 13.8. The lowest BCUT2D eigenvalue weighted by molar-refractivity contribution is -0.295. The third kappa shape index (κ3) is 5.16. The number of hydrogen-bond acceptors (Lipinski definition) is 9. The predicted molar refractivity (Wildman–Crippen MR) is 132 cm³/mol. The molecular weight excluding hydrogens is 480 g/mol. The Labute approximate surface area is 213 Å². The molecule has 9 heteroatoms. The highest BCUT2D eigenvalue weighted by Gasteiger charge is 2.24. The molecule has 0 fully saturated rings. The van der Waals surface area contributed by atoms with Gasteiger partial charge < -0.3 is 38.3 Å². The van der Waals surface area contributed by atoms with Crippen molar-refractivity contribution >= 4 is 17.3 Å². The Bertz CT molecular complexity index is 1330. The average molecular weight is 505 g/mol. The number of benzene rings is 3. The van der Waals surface area contributed by atoms with E-state index in [0.29, 0.717) is 40.1 Å². The summed E-state index contributed by atoms with van der Waals surface area (Å²) < 4.78 is 32.2. The zero-order valence-electron chi connectivity index (χ0n) is 20.8. The van der Waals surface area contributed by atoms with Crippen molar-refractivity contribution in [2.24, 2.45) is 0 Å². The third-order valence-corrected chi connectivity index (χ3v) is 5.90. The first-order chi connectivity index (χ1) is 17.9. The van der Waals surface area contributed by atoms with Crippen molar-refractivity contribution in [3.8, 4) is 34.5 Å². The van der Waals surface area contributed by atoms with E-state index >= 15 is 0 Å². The number of methoxy groups -OCH3 is 4. The molecule has 0 spiro atoms. The average Bonchev–Trinajstić information content (AvgIpc) is 3.39. The number of ketones is 1. The molecule has 192 valence electrons. The first-order valence-electron chi connectivity index (χ1n) is 11.2. The van der Waals surface area contributed by atoms with Gasteiger partial charge in [-0.1, -0.05) is 6.07 Å². The number of rotatable bonds is 10. The van der Waals surface area contributed by atoms with Gasteiger partial charge in [-0.15, -0.1) is 0 Å². The maximum Gasteiger partial charge on any atom is 0.231 e. The van der Waals surface area contributed by atoms with Crippen molar-refractivity contribution in [2.45, 2.75) is 6.42 Å². The zero-order valence-corrected chi connectivity index (χ0v) is 20.8. The van der Waals surface area contributed by atoms with Crippen LogP contribution in [-0.2, 0) is 11.2 Å². The van der Waals surface area contributed by atoms with Crippen molar-refractivity contribution < 1.29 is 43.1 Å². The highest BCUT2D eigenvalue weighted by molar-refractivity contribution is 6.25. The molecule has 0 saturated carbocycles. The predicted octanol–water partition coefficient (Wildman–Crippen LogP) is 3.08. The molecule has 0 aliphatic carbocycles. The van der Waals surface area contributed by atoms with E-state index in [1.807, 2.05) is 0 Å². The summed E-state index contributed by atoms with van der Waals surface area (Å²) in [7, 11) is 5.94. The summed E-state index contributed by atoms with van der Waals surface area (Å²) in [5, 5.41) is 12.5. The number of carboxylic acid groups (broad SMARTS) is 1. The number of carbonyl (C=O) groups excluding carboxylic acids is 2. The molecule has 9 nitrogen and oxygen atoms in total. The molecule has 0 atom stereocenters. The number of allylic oxidation sites excluding steroid dienone is 1. The van der Waals surface area contributed by atoms with Crippen LogP contribution in [0.15, 0.2) is 60.2 Å². The molecule has 0 N–H and O–H groups in total. The molecule has 0 saturated heterocycles. The molecule has 0 aromatic heterocycles. The summed E-state index contributed by atoms with van der Waals surface area (Å²) in [6.45, 7) is 0.0201. The number of carboxylic acids is 1. The highest BCUT2D eigenvalue weighted by atomic mass is 16.7. The second-order valence-corrected chi connectivity index (χ2v) is 7.98. The Morgan fingerprint density at radius 1 is 0.784 bits per heavy atom. The van der Waals surface area contributed by atoms with E-state index < -0.39 is 11.8 Å². The Kier molecular flexibility index (Phi) is 7.52. The van der Waals surface area contributed by atoms with E-state index in [2.05, 4.69) is 0 Å². The first kappa shape index (κ1) is 25.4. The van der Waals surface area contributed by atoms with Gasteiger partial charge in [0.05, 0.1) is 34.4 Å². The van der Waals surface area contributed by atoms with E-state index in [9.17, 15) is 14.7 Å². The molecule has 0 bridgehead atoms. The van der Waals surface area contributed by atoms with Crippen molar-refractivity contribution in [3.63, 3.8) is 0 Å². The van der Waals surface area contributed by atoms with E-state index in [4.69, 9.17) is 28.4 Å². The maximum atomic E-state index is 13.8. The summed E-state index contributed by atoms with van der Waals surface area (Å²) in [5.41, 5.74) is 0.813. The lowest BCUT2D eigenvalue weighted by atomic mass is 9.89. The number of fused-ring (bicyclic) bond motifs is 1. The molecule has 1 heterocycles. The normalized spacial score (nSPS) is 12.4. The molecule has 3 aromatic rings. The van der Waals surface area contributed by atoms with Gasteiger partial charge in [0.15, 0.2) is 28.8 Å². The molecule has 0 amide bonds. The quantitative estimate of drug-likeness (QED) is 0.303. The van der Waals surface area contributed by atoms with Crippen molar-refractivity contribution in [2.75, 3.05) is 35.2 Å². The summed E-state index contributed by atoms with van der Waals surface area (Å²) in [6, 6.07) is 14.4. The Morgan fingerprint density at radius 2 is 1.41 bits per heavy atom. The minimum atomic E-state index is -1.51. The molecule has 3 aromatic carbocycles. The second-order valence-electron chi connectivity index (χ2n) is 7.98. The number of Topliss-reactive ketones (excluding diaryl/α,β-unsaturated/α-hetero) is 1. The van der Waals surface area contributed by atoms with E-state index in [1.54, 1.807) is 48.5 Å². The van der Waals surface area contributed by atoms with Gasteiger partial charge >= 0.3 is 0 Å². The van der Waals surface area contributed by atoms with Crippen molar-refractivity contribution in [1.29, 1.82) is 0 Å². The third-order valence-electron chi connectivity index (χ3n) is 5.90. The molecule has 0 unspecified atom stereocenters. The van der Waals surface area contributed by atoms with Crippen LogP contribution in [0.1, 0.15) is 21.5 Å². The van der Waals surface area contributed by atoms with Crippen molar-refractivity contribution in [1.82, 2.24) is 0 Å². The van der Waals surface area contributed by atoms with Crippen molar-refractivity contribution in [3.05, 3.63) is 76.9 Å². The van der Waals surface area contributed by atoms with Gasteiger partial charge in [0.1, 0.15) is 5.75 Å². The van der Waals surface area contributed by atoms with Crippen LogP contribution < -0.4 is 33.5 Å². The van der Waals surface area contributed by atoms with Crippen LogP contribution in [0.25, 0.3) is 5.57 Å². The van der Waals surface area contributed by atoms with E-state index in [0.717, 1.165) is 0 Å². The summed E-state index contributed by atoms with van der Waals surface area (Å²) >= 11 is 0. The minimum absolute atomic E-state index is 0.00157. The molecule has 1 aliphatic heterocycles. The molecule has 0 radical (unpaired) electrons. The topological polar surface area (TPSA) is 113 Å². The Hall–Kier alpha value is -4.66. The zero-order chi connectivity index (χ0) is 26.5. The van der Waals surface area contributed by atoms with Crippen LogP contribution in [0.3, 0.4) is 0 Å². The van der Waals surface area contributed by atoms with Crippen LogP contribution in [0.4, 0.5) is 0 Å². The lowest BCUT2D eigenvalue weighted by Crippen LogP contribution is -2.27. The number of hydrogen-bond donors (Lipinski definition) is 0. The van der Waals surface area contributed by atoms with Gasteiger partial charge in [0, 0.05) is 23.1 Å². The SMILES string of the molecule is COc1ccc(C(=O)C(Cc2cc(OC)c(OC)c(OC)c2)=C(C(=O)[O-])c2ccc3c(c2)OCO3)cc1. The highest BCUT2D eigenvalue weighted by Crippen LogP contribution is 2.40. The van der Waals surface area contributed by atoms with Crippen LogP contribution in [-0.4, -0.2) is 47.0 Å². The van der Waals surface area contributed by atoms with Gasteiger partial charge in [-0.3, -0.25) is 4.79 Å². The van der Waals surface area contributed by atoms with Gasteiger partial charge in [0.2, 0.25) is 12.5 Å². The van der Waals surface area contributed by atoms with Crippen LogP contribution >= 0.6 is 0 Å². The fourth-order valence-corrected chi connectivity index (χ4v) is 4.11. The smallest absolute Gasteiger partial charge is 0.231 e. The van der Waals surface area contributed by atoms with Gasteiger partial charge in [-0.2, -0.15) is 0 Å². The van der Waals surface area contributed by atoms with Gasteiger partial charge in [0.25, 0.3) is 0 Å².